The molecule has 0 aliphatic heterocycles. The first-order valence-electron chi connectivity index (χ1n) is 7.76. The second-order valence-corrected chi connectivity index (χ2v) is 5.12. The quantitative estimate of drug-likeness (QED) is 0.226. The molecule has 1 rings (SSSR count). The number of phenols is 1. The molecule has 0 saturated carbocycles. The minimum absolute atomic E-state index is 0.0367. The highest BCUT2D eigenvalue weighted by Crippen LogP contribution is 2.13. The van der Waals surface area contributed by atoms with Crippen molar-refractivity contribution < 1.29 is 9.90 Å². The number of aliphatic imine (C=N–C) groups is 1. The lowest BCUT2D eigenvalue weighted by Gasteiger charge is -2.21. The maximum Gasteiger partial charge on any atom is 0.246 e. The second kappa shape index (κ2) is 10.3. The Morgan fingerprint density at radius 3 is 2.70 bits per heavy atom. The van der Waals surface area contributed by atoms with Crippen LogP contribution in [-0.4, -0.2) is 48.6 Å². The molecule has 1 aromatic carbocycles. The number of anilines is 1. The van der Waals surface area contributed by atoms with E-state index in [0.717, 1.165) is 25.9 Å². The molecule has 0 unspecified atom stereocenters. The van der Waals surface area contributed by atoms with Gasteiger partial charge in [-0.05, 0) is 44.0 Å². The Hall–Kier alpha value is -2.50. The molecule has 6 heteroatoms. The summed E-state index contributed by atoms with van der Waals surface area (Å²) in [6, 6.07) is 6.33. The van der Waals surface area contributed by atoms with Crippen molar-refractivity contribution in [2.45, 2.75) is 19.8 Å². The predicted molar refractivity (Wildman–Crippen MR) is 94.8 cm³/mol. The van der Waals surface area contributed by atoms with E-state index in [1.165, 1.54) is 12.1 Å². The van der Waals surface area contributed by atoms with Gasteiger partial charge in [0.15, 0.2) is 5.96 Å². The van der Waals surface area contributed by atoms with Crippen LogP contribution in [0.15, 0.2) is 41.9 Å². The van der Waals surface area contributed by atoms with Crippen LogP contribution in [0.25, 0.3) is 0 Å². The fourth-order valence-corrected chi connectivity index (χ4v) is 1.94. The first-order valence-corrected chi connectivity index (χ1v) is 7.76. The fraction of sp³-hybridized carbons (Fsp3) is 0.412. The third-order valence-corrected chi connectivity index (χ3v) is 3.12. The van der Waals surface area contributed by atoms with Crippen LogP contribution < -0.4 is 10.6 Å². The average molecular weight is 318 g/mol. The number of unbranched alkanes of at least 4 members (excludes halogenated alkanes) is 1. The molecule has 0 spiro atoms. The molecular weight excluding hydrogens is 292 g/mol. The molecule has 0 heterocycles. The maximum absolute atomic E-state index is 11.9. The van der Waals surface area contributed by atoms with E-state index in [-0.39, 0.29) is 18.2 Å². The molecule has 1 aromatic rings. The lowest BCUT2D eigenvalue weighted by Crippen LogP contribution is -2.40. The number of hydrogen-bond acceptors (Lipinski definition) is 3. The number of nitrogens with one attached hydrogen (secondary N) is 2. The number of amides is 1. The number of allylic oxidation sites excluding steroid dienone is 1. The van der Waals surface area contributed by atoms with E-state index in [9.17, 15) is 9.90 Å². The summed E-state index contributed by atoms with van der Waals surface area (Å²) in [6.45, 7) is 7.32. The number of carbonyl (C=O) groups excluding carboxylic acids is 1. The Labute approximate surface area is 137 Å². The van der Waals surface area contributed by atoms with Gasteiger partial charge in [0.25, 0.3) is 0 Å². The number of nitrogens with zero attached hydrogens (tertiary/aromatic N) is 2. The van der Waals surface area contributed by atoms with Crippen LogP contribution in [0.1, 0.15) is 19.8 Å². The van der Waals surface area contributed by atoms with Crippen molar-refractivity contribution >= 4 is 17.6 Å². The van der Waals surface area contributed by atoms with Crippen LogP contribution in [0.3, 0.4) is 0 Å². The molecule has 0 atom stereocenters. The standard InChI is InChI=1S/C17H26N4O2/c1-4-6-7-12-21(3)17(18-5-2)19-13-16(23)20-14-8-10-15(22)11-9-14/h4,8-11,22H,1,5-7,12-13H2,2-3H3,(H,18,19)(H,20,23). The van der Waals surface area contributed by atoms with Crippen LogP contribution in [0.5, 0.6) is 5.75 Å². The number of aromatic hydroxyl groups is 1. The minimum Gasteiger partial charge on any atom is -0.508 e. The Bertz CT molecular complexity index is 526. The van der Waals surface area contributed by atoms with E-state index in [0.29, 0.717) is 11.6 Å². The molecule has 23 heavy (non-hydrogen) atoms. The summed E-state index contributed by atoms with van der Waals surface area (Å²) in [5.41, 5.74) is 0.632. The molecule has 1 amide bonds. The highest BCUT2D eigenvalue weighted by Gasteiger charge is 2.07. The largest absolute Gasteiger partial charge is 0.508 e. The van der Waals surface area contributed by atoms with E-state index in [1.807, 2.05) is 24.9 Å². The number of carbonyl (C=O) groups is 1. The molecule has 6 nitrogen and oxygen atoms in total. The van der Waals surface area contributed by atoms with E-state index in [4.69, 9.17) is 0 Å². The molecule has 126 valence electrons. The maximum atomic E-state index is 11.9. The summed E-state index contributed by atoms with van der Waals surface area (Å²) in [5.74, 6) is 0.666. The average Bonchev–Trinajstić information content (AvgIpc) is 2.53. The zero-order valence-corrected chi connectivity index (χ0v) is 13.9. The van der Waals surface area contributed by atoms with Crippen molar-refractivity contribution in [3.8, 4) is 5.75 Å². The lowest BCUT2D eigenvalue weighted by molar-refractivity contribution is -0.114. The first-order chi connectivity index (χ1) is 11.1. The predicted octanol–water partition coefficient (Wildman–Crippen LogP) is 2.19. The molecule has 0 fully saturated rings. The van der Waals surface area contributed by atoms with E-state index >= 15 is 0 Å². The van der Waals surface area contributed by atoms with Gasteiger partial charge in [0, 0.05) is 25.8 Å². The monoisotopic (exact) mass is 318 g/mol. The van der Waals surface area contributed by atoms with Gasteiger partial charge >= 0.3 is 0 Å². The summed E-state index contributed by atoms with van der Waals surface area (Å²) in [6.07, 6.45) is 3.83. The van der Waals surface area contributed by atoms with Gasteiger partial charge in [-0.25, -0.2) is 4.99 Å². The van der Waals surface area contributed by atoms with Crippen molar-refractivity contribution in [3.63, 3.8) is 0 Å². The van der Waals surface area contributed by atoms with Gasteiger partial charge in [0.1, 0.15) is 12.3 Å². The molecule has 0 radical (unpaired) electrons. The first kappa shape index (κ1) is 18.5. The third kappa shape index (κ3) is 7.35. The zero-order chi connectivity index (χ0) is 17.1. The van der Waals surface area contributed by atoms with Gasteiger partial charge in [-0.1, -0.05) is 6.08 Å². The smallest absolute Gasteiger partial charge is 0.246 e. The minimum atomic E-state index is -0.203. The molecule has 0 aromatic heterocycles. The molecule has 0 aliphatic rings. The second-order valence-electron chi connectivity index (χ2n) is 5.12. The Morgan fingerprint density at radius 2 is 2.09 bits per heavy atom. The van der Waals surface area contributed by atoms with Gasteiger partial charge in [-0.3, -0.25) is 4.79 Å². The van der Waals surface area contributed by atoms with Gasteiger partial charge in [-0.2, -0.15) is 0 Å². The van der Waals surface area contributed by atoms with Gasteiger partial charge in [0.05, 0.1) is 0 Å². The molecule has 0 bridgehead atoms. The normalized spacial score (nSPS) is 11.0. The number of hydrogen-bond donors (Lipinski definition) is 3. The summed E-state index contributed by atoms with van der Waals surface area (Å²) < 4.78 is 0. The Balaban J connectivity index is 2.55. The van der Waals surface area contributed by atoms with Gasteiger partial charge in [0.2, 0.25) is 5.91 Å². The van der Waals surface area contributed by atoms with Crippen LogP contribution in [-0.2, 0) is 4.79 Å². The highest BCUT2D eigenvalue weighted by atomic mass is 16.3. The number of rotatable bonds is 8. The summed E-state index contributed by atoms with van der Waals surface area (Å²) in [7, 11) is 1.95. The third-order valence-electron chi connectivity index (χ3n) is 3.12. The van der Waals surface area contributed by atoms with Crippen LogP contribution in [0.2, 0.25) is 0 Å². The number of benzene rings is 1. The fourth-order valence-electron chi connectivity index (χ4n) is 1.94. The van der Waals surface area contributed by atoms with Crippen LogP contribution in [0, 0.1) is 0 Å². The SMILES string of the molecule is C=CCCCN(C)C(=NCC(=O)Nc1ccc(O)cc1)NCC. The topological polar surface area (TPSA) is 77.0 Å². The van der Waals surface area contributed by atoms with Crippen LogP contribution in [0.4, 0.5) is 5.69 Å². The summed E-state index contributed by atoms with van der Waals surface area (Å²) >= 11 is 0. The van der Waals surface area contributed by atoms with Crippen LogP contribution >= 0.6 is 0 Å². The summed E-state index contributed by atoms with van der Waals surface area (Å²) in [4.78, 5) is 18.3. The lowest BCUT2D eigenvalue weighted by atomic mass is 10.3. The molecule has 3 N–H and O–H groups in total. The van der Waals surface area contributed by atoms with Gasteiger partial charge in [-0.15, -0.1) is 6.58 Å². The van der Waals surface area contributed by atoms with Crippen molar-refractivity contribution in [3.05, 3.63) is 36.9 Å². The van der Waals surface area contributed by atoms with Gasteiger partial charge < -0.3 is 20.6 Å². The van der Waals surface area contributed by atoms with E-state index < -0.39 is 0 Å². The van der Waals surface area contributed by atoms with Crippen molar-refractivity contribution in [1.82, 2.24) is 10.2 Å². The number of phenolic OH excluding ortho intramolecular Hbond substituents is 1. The Kier molecular flexibility index (Phi) is 8.28. The molecule has 0 saturated heterocycles. The highest BCUT2D eigenvalue weighted by molar-refractivity contribution is 5.94. The van der Waals surface area contributed by atoms with Crippen molar-refractivity contribution in [2.24, 2.45) is 4.99 Å². The summed E-state index contributed by atoms with van der Waals surface area (Å²) in [5, 5.41) is 15.1. The van der Waals surface area contributed by atoms with Crippen molar-refractivity contribution in [2.75, 3.05) is 32.0 Å². The van der Waals surface area contributed by atoms with E-state index in [2.05, 4.69) is 22.2 Å². The molecular formula is C17H26N4O2. The number of guanidine groups is 1. The Morgan fingerprint density at radius 1 is 1.39 bits per heavy atom. The van der Waals surface area contributed by atoms with E-state index in [1.54, 1.807) is 12.1 Å². The zero-order valence-electron chi connectivity index (χ0n) is 13.9. The van der Waals surface area contributed by atoms with Crippen molar-refractivity contribution in [1.29, 1.82) is 0 Å². The molecule has 0 aliphatic carbocycles.